The van der Waals surface area contributed by atoms with E-state index < -0.39 is 0 Å². The number of amides is 1. The molecule has 100 valence electrons. The molecule has 1 atom stereocenters. The molecule has 3 N–H and O–H groups in total. The third-order valence-electron chi connectivity index (χ3n) is 3.63. The van der Waals surface area contributed by atoms with E-state index in [0.29, 0.717) is 26.3 Å². The Hall–Kier alpha value is -0.610. The summed E-state index contributed by atoms with van der Waals surface area (Å²) in [4.78, 5) is 12.1. The van der Waals surface area contributed by atoms with Crippen molar-refractivity contribution < 1.29 is 9.53 Å². The monoisotopic (exact) mass is 242 g/mol. The molecule has 1 unspecified atom stereocenters. The number of nitrogens with two attached hydrogens (primary N) is 1. The predicted octanol–water partition coefficient (Wildman–Crippen LogP) is 1.29. The molecular weight excluding hydrogens is 216 g/mol. The summed E-state index contributed by atoms with van der Waals surface area (Å²) >= 11 is 0. The lowest BCUT2D eigenvalue weighted by Gasteiger charge is -2.37. The highest BCUT2D eigenvalue weighted by molar-refractivity contribution is 5.79. The number of carbonyl (C=O) groups is 1. The Kier molecular flexibility index (Phi) is 5.92. The van der Waals surface area contributed by atoms with Gasteiger partial charge in [0.25, 0.3) is 0 Å². The summed E-state index contributed by atoms with van der Waals surface area (Å²) < 4.78 is 5.23. The molecule has 4 heteroatoms. The van der Waals surface area contributed by atoms with E-state index in [2.05, 4.69) is 19.2 Å². The van der Waals surface area contributed by atoms with Gasteiger partial charge in [-0.15, -0.1) is 0 Å². The first-order valence-electron chi connectivity index (χ1n) is 6.63. The molecule has 1 aliphatic carbocycles. The van der Waals surface area contributed by atoms with Crippen LogP contribution in [-0.4, -0.2) is 32.2 Å². The van der Waals surface area contributed by atoms with Crippen molar-refractivity contribution in [3.8, 4) is 0 Å². The van der Waals surface area contributed by atoms with Crippen molar-refractivity contribution in [3.05, 3.63) is 0 Å². The molecule has 0 aromatic rings. The van der Waals surface area contributed by atoms with Gasteiger partial charge in [0.2, 0.25) is 5.91 Å². The molecular formula is C13H26N2O2. The van der Waals surface area contributed by atoms with Gasteiger partial charge < -0.3 is 15.8 Å². The first kappa shape index (κ1) is 14.5. The minimum atomic E-state index is 0.139. The van der Waals surface area contributed by atoms with Crippen LogP contribution in [0.25, 0.3) is 0 Å². The highest BCUT2D eigenvalue weighted by Gasteiger charge is 2.36. The Morgan fingerprint density at radius 1 is 1.41 bits per heavy atom. The van der Waals surface area contributed by atoms with Crippen LogP contribution in [0.5, 0.6) is 0 Å². The highest BCUT2D eigenvalue weighted by Crippen LogP contribution is 2.40. The number of hydrogen-bond acceptors (Lipinski definition) is 3. The van der Waals surface area contributed by atoms with E-state index in [-0.39, 0.29) is 17.2 Å². The molecule has 0 radical (unpaired) electrons. The standard InChI is InChI=1S/C13H26N2O2/c1-13(2)6-4-3-5-11(13)12(16)15-8-10-17-9-7-14/h11H,3-10,14H2,1-2H3,(H,15,16). The van der Waals surface area contributed by atoms with Gasteiger partial charge in [-0.2, -0.15) is 0 Å². The maximum Gasteiger partial charge on any atom is 0.223 e. The minimum Gasteiger partial charge on any atom is -0.378 e. The van der Waals surface area contributed by atoms with E-state index >= 15 is 0 Å². The second-order valence-corrected chi connectivity index (χ2v) is 5.48. The summed E-state index contributed by atoms with van der Waals surface area (Å²) in [5.74, 6) is 0.344. The molecule has 17 heavy (non-hydrogen) atoms. The van der Waals surface area contributed by atoms with Gasteiger partial charge in [0, 0.05) is 19.0 Å². The summed E-state index contributed by atoms with van der Waals surface area (Å²) in [6, 6.07) is 0. The van der Waals surface area contributed by atoms with Crippen LogP contribution in [-0.2, 0) is 9.53 Å². The predicted molar refractivity (Wildman–Crippen MR) is 68.6 cm³/mol. The number of rotatable bonds is 6. The highest BCUT2D eigenvalue weighted by atomic mass is 16.5. The van der Waals surface area contributed by atoms with Crippen molar-refractivity contribution in [1.82, 2.24) is 5.32 Å². The number of hydrogen-bond donors (Lipinski definition) is 2. The Labute approximate surface area is 104 Å². The number of nitrogens with one attached hydrogen (secondary N) is 1. The second-order valence-electron chi connectivity index (χ2n) is 5.48. The Morgan fingerprint density at radius 3 is 2.82 bits per heavy atom. The maximum atomic E-state index is 12.1. The summed E-state index contributed by atoms with van der Waals surface area (Å²) in [5, 5.41) is 2.96. The fourth-order valence-electron chi connectivity index (χ4n) is 2.54. The summed E-state index contributed by atoms with van der Waals surface area (Å²) in [6.45, 7) is 6.62. The molecule has 1 fully saturated rings. The first-order chi connectivity index (χ1) is 8.08. The molecule has 0 aromatic heterocycles. The lowest BCUT2D eigenvalue weighted by molar-refractivity contribution is -0.130. The van der Waals surface area contributed by atoms with Gasteiger partial charge in [0.1, 0.15) is 0 Å². The molecule has 1 saturated carbocycles. The molecule has 0 bridgehead atoms. The Morgan fingerprint density at radius 2 is 2.18 bits per heavy atom. The fourth-order valence-corrected chi connectivity index (χ4v) is 2.54. The molecule has 0 aromatic carbocycles. The molecule has 0 saturated heterocycles. The zero-order valence-electron chi connectivity index (χ0n) is 11.1. The van der Waals surface area contributed by atoms with Crippen LogP contribution in [0.4, 0.5) is 0 Å². The van der Waals surface area contributed by atoms with Crippen LogP contribution in [0, 0.1) is 11.3 Å². The van der Waals surface area contributed by atoms with Crippen molar-refractivity contribution in [1.29, 1.82) is 0 Å². The van der Waals surface area contributed by atoms with Gasteiger partial charge in [0.05, 0.1) is 13.2 Å². The van der Waals surface area contributed by atoms with Crippen molar-refractivity contribution in [2.75, 3.05) is 26.3 Å². The molecule has 1 aliphatic rings. The van der Waals surface area contributed by atoms with Crippen LogP contribution < -0.4 is 11.1 Å². The van der Waals surface area contributed by atoms with Crippen LogP contribution in [0.1, 0.15) is 39.5 Å². The Balaban J connectivity index is 2.26. The molecule has 4 nitrogen and oxygen atoms in total. The quantitative estimate of drug-likeness (QED) is 0.690. The van der Waals surface area contributed by atoms with Crippen LogP contribution in [0.3, 0.4) is 0 Å². The molecule has 0 aliphatic heterocycles. The third kappa shape index (κ3) is 4.64. The van der Waals surface area contributed by atoms with E-state index in [1.165, 1.54) is 12.8 Å². The van der Waals surface area contributed by atoms with Gasteiger partial charge in [-0.3, -0.25) is 4.79 Å². The minimum absolute atomic E-state index is 0.139. The van der Waals surface area contributed by atoms with E-state index in [9.17, 15) is 4.79 Å². The molecule has 0 heterocycles. The average Bonchev–Trinajstić information content (AvgIpc) is 2.28. The van der Waals surface area contributed by atoms with Crippen LogP contribution in [0.15, 0.2) is 0 Å². The lowest BCUT2D eigenvalue weighted by Crippen LogP contribution is -2.42. The van der Waals surface area contributed by atoms with Crippen LogP contribution >= 0.6 is 0 Å². The number of carbonyl (C=O) groups excluding carboxylic acids is 1. The van der Waals surface area contributed by atoms with Gasteiger partial charge >= 0.3 is 0 Å². The summed E-state index contributed by atoms with van der Waals surface area (Å²) in [5.41, 5.74) is 5.45. The topological polar surface area (TPSA) is 64.3 Å². The number of ether oxygens (including phenoxy) is 1. The van der Waals surface area contributed by atoms with Crippen molar-refractivity contribution >= 4 is 5.91 Å². The van der Waals surface area contributed by atoms with Gasteiger partial charge in [-0.25, -0.2) is 0 Å². The normalized spacial score (nSPS) is 23.4. The zero-order chi connectivity index (χ0) is 12.7. The first-order valence-corrected chi connectivity index (χ1v) is 6.63. The van der Waals surface area contributed by atoms with E-state index in [0.717, 1.165) is 12.8 Å². The molecule has 0 spiro atoms. The SMILES string of the molecule is CC1(C)CCCCC1C(=O)NCCOCCN. The fraction of sp³-hybridized carbons (Fsp3) is 0.923. The van der Waals surface area contributed by atoms with Crippen molar-refractivity contribution in [2.24, 2.45) is 17.1 Å². The van der Waals surface area contributed by atoms with Crippen molar-refractivity contribution in [2.45, 2.75) is 39.5 Å². The lowest BCUT2D eigenvalue weighted by atomic mass is 9.68. The van der Waals surface area contributed by atoms with Gasteiger partial charge in [0.15, 0.2) is 0 Å². The smallest absolute Gasteiger partial charge is 0.223 e. The van der Waals surface area contributed by atoms with E-state index in [4.69, 9.17) is 10.5 Å². The largest absolute Gasteiger partial charge is 0.378 e. The van der Waals surface area contributed by atoms with Gasteiger partial charge in [-0.1, -0.05) is 26.7 Å². The van der Waals surface area contributed by atoms with E-state index in [1.807, 2.05) is 0 Å². The summed E-state index contributed by atoms with van der Waals surface area (Å²) in [7, 11) is 0. The average molecular weight is 242 g/mol. The molecule has 1 amide bonds. The van der Waals surface area contributed by atoms with Crippen molar-refractivity contribution in [3.63, 3.8) is 0 Å². The van der Waals surface area contributed by atoms with Crippen LogP contribution in [0.2, 0.25) is 0 Å². The second kappa shape index (κ2) is 6.97. The van der Waals surface area contributed by atoms with E-state index in [1.54, 1.807) is 0 Å². The Bertz CT molecular complexity index is 242. The summed E-state index contributed by atoms with van der Waals surface area (Å²) in [6.07, 6.45) is 4.58. The zero-order valence-corrected chi connectivity index (χ0v) is 11.1. The molecule has 1 rings (SSSR count). The third-order valence-corrected chi connectivity index (χ3v) is 3.63. The maximum absolute atomic E-state index is 12.1. The van der Waals surface area contributed by atoms with Gasteiger partial charge in [-0.05, 0) is 18.3 Å².